The Bertz CT molecular complexity index is 645. The summed E-state index contributed by atoms with van der Waals surface area (Å²) in [4.78, 5) is 16.4. The maximum Gasteiger partial charge on any atom is 0.271 e. The molecule has 0 aliphatic heterocycles. The molecule has 0 bridgehead atoms. The third-order valence-electron chi connectivity index (χ3n) is 2.94. The molecule has 3 N–H and O–H groups in total. The number of hydrogen-bond donors (Lipinski definition) is 2. The van der Waals surface area contributed by atoms with Crippen molar-refractivity contribution in [1.82, 2.24) is 10.3 Å². The molecule has 112 valence electrons. The van der Waals surface area contributed by atoms with E-state index in [1.807, 2.05) is 13.0 Å². The molecule has 0 spiro atoms. The van der Waals surface area contributed by atoms with Crippen molar-refractivity contribution in [2.45, 2.75) is 19.4 Å². The van der Waals surface area contributed by atoms with Gasteiger partial charge in [-0.3, -0.25) is 4.79 Å². The number of nitrogens with one attached hydrogen (secondary N) is 1. The van der Waals surface area contributed by atoms with Crippen LogP contribution in [0.2, 0.25) is 10.0 Å². The van der Waals surface area contributed by atoms with Gasteiger partial charge in [0.2, 0.25) is 0 Å². The van der Waals surface area contributed by atoms with Crippen molar-refractivity contribution in [3.63, 3.8) is 0 Å². The maximum atomic E-state index is 12.2. The number of aromatic nitrogens is 1. The summed E-state index contributed by atoms with van der Waals surface area (Å²) in [7, 11) is 0. The van der Waals surface area contributed by atoms with Crippen LogP contribution in [-0.4, -0.2) is 17.4 Å². The van der Waals surface area contributed by atoms with E-state index in [-0.39, 0.29) is 11.9 Å². The lowest BCUT2D eigenvalue weighted by Crippen LogP contribution is -2.27. The molecule has 1 aromatic heterocycles. The first-order valence-corrected chi connectivity index (χ1v) is 8.05. The summed E-state index contributed by atoms with van der Waals surface area (Å²) in [5.74, 6) is -0.238. The minimum Gasteiger partial charge on any atom is -0.344 e. The van der Waals surface area contributed by atoms with Gasteiger partial charge < -0.3 is 11.1 Å². The van der Waals surface area contributed by atoms with Crippen LogP contribution in [0.15, 0.2) is 23.6 Å². The Morgan fingerprint density at radius 3 is 2.95 bits per heavy atom. The topological polar surface area (TPSA) is 68.0 Å². The van der Waals surface area contributed by atoms with Crippen molar-refractivity contribution in [2.75, 3.05) is 6.54 Å². The van der Waals surface area contributed by atoms with Crippen LogP contribution >= 0.6 is 34.5 Å². The lowest BCUT2D eigenvalue weighted by Gasteiger charge is -2.15. The average molecular weight is 344 g/mol. The number of rotatable bonds is 5. The van der Waals surface area contributed by atoms with Crippen LogP contribution in [0.25, 0.3) is 0 Å². The molecule has 1 unspecified atom stereocenters. The van der Waals surface area contributed by atoms with Crippen molar-refractivity contribution in [2.24, 2.45) is 5.73 Å². The van der Waals surface area contributed by atoms with Crippen molar-refractivity contribution in [1.29, 1.82) is 0 Å². The Hall–Kier alpha value is -1.14. The largest absolute Gasteiger partial charge is 0.344 e. The molecule has 0 aliphatic rings. The fourth-order valence-corrected chi connectivity index (χ4v) is 3.12. The first-order valence-electron chi connectivity index (χ1n) is 6.42. The number of nitrogens with two attached hydrogens (primary N) is 1. The van der Waals surface area contributed by atoms with Crippen molar-refractivity contribution in [3.05, 3.63) is 49.9 Å². The Morgan fingerprint density at radius 1 is 1.48 bits per heavy atom. The lowest BCUT2D eigenvalue weighted by atomic mass is 10.1. The predicted molar refractivity (Wildman–Crippen MR) is 87.2 cm³/mol. The number of nitrogens with zero attached hydrogens (tertiary/aromatic N) is 1. The lowest BCUT2D eigenvalue weighted by molar-refractivity contribution is 0.0935. The molecule has 1 atom stereocenters. The van der Waals surface area contributed by atoms with E-state index in [1.165, 1.54) is 11.3 Å². The minimum absolute atomic E-state index is 0.238. The van der Waals surface area contributed by atoms with E-state index in [0.29, 0.717) is 28.7 Å². The van der Waals surface area contributed by atoms with Crippen molar-refractivity contribution in [3.8, 4) is 0 Å². The van der Waals surface area contributed by atoms with Gasteiger partial charge in [-0.2, -0.15) is 0 Å². The van der Waals surface area contributed by atoms with Gasteiger partial charge in [0, 0.05) is 11.8 Å². The third kappa shape index (κ3) is 3.95. The molecule has 1 amide bonds. The van der Waals surface area contributed by atoms with Gasteiger partial charge >= 0.3 is 0 Å². The Labute approximate surface area is 137 Å². The average Bonchev–Trinajstić information content (AvgIpc) is 2.91. The van der Waals surface area contributed by atoms with Crippen molar-refractivity contribution < 1.29 is 4.79 Å². The molecule has 2 rings (SSSR count). The van der Waals surface area contributed by atoms with E-state index in [1.54, 1.807) is 17.5 Å². The summed E-state index contributed by atoms with van der Waals surface area (Å²) in [5, 5.41) is 6.37. The van der Waals surface area contributed by atoms with E-state index in [0.717, 1.165) is 10.6 Å². The van der Waals surface area contributed by atoms with Gasteiger partial charge in [-0.05, 0) is 25.1 Å². The molecular weight excluding hydrogens is 329 g/mol. The summed E-state index contributed by atoms with van der Waals surface area (Å²) in [6, 6.07) is 5.08. The zero-order chi connectivity index (χ0) is 15.4. The second-order valence-corrected chi connectivity index (χ2v) is 6.23. The number of carbonyl (C=O) groups is 1. The molecule has 2 aromatic rings. The number of carbonyl (C=O) groups excluding carboxylic acids is 1. The highest BCUT2D eigenvalue weighted by Gasteiger charge is 2.17. The normalized spacial score (nSPS) is 12.2. The first-order chi connectivity index (χ1) is 10.0. The molecule has 7 heteroatoms. The molecule has 21 heavy (non-hydrogen) atoms. The molecule has 4 nitrogen and oxygen atoms in total. The van der Waals surface area contributed by atoms with E-state index in [2.05, 4.69) is 10.3 Å². The number of benzene rings is 1. The summed E-state index contributed by atoms with van der Waals surface area (Å²) in [6.07, 6.45) is 0.674. The quantitative estimate of drug-likeness (QED) is 0.873. The van der Waals surface area contributed by atoms with Gasteiger partial charge in [0.1, 0.15) is 5.69 Å². The molecule has 1 aromatic carbocycles. The predicted octanol–water partition coefficient (Wildman–Crippen LogP) is 3.44. The van der Waals surface area contributed by atoms with Crippen molar-refractivity contribution >= 4 is 40.4 Å². The highest BCUT2D eigenvalue weighted by atomic mass is 35.5. The van der Waals surface area contributed by atoms with E-state index >= 15 is 0 Å². The van der Waals surface area contributed by atoms with Crippen LogP contribution in [-0.2, 0) is 6.42 Å². The second kappa shape index (κ2) is 7.22. The highest BCUT2D eigenvalue weighted by Crippen LogP contribution is 2.29. The molecule has 0 saturated carbocycles. The van der Waals surface area contributed by atoms with Gasteiger partial charge in [-0.1, -0.05) is 35.3 Å². The molecule has 0 saturated heterocycles. The maximum absolute atomic E-state index is 12.2. The monoisotopic (exact) mass is 343 g/mol. The number of amides is 1. The fraction of sp³-hybridized carbons (Fsp3) is 0.286. The SMILES string of the molecule is CC(NC(=O)c1csc(CCN)n1)c1cccc(Cl)c1Cl. The molecule has 0 aliphatic carbocycles. The van der Waals surface area contributed by atoms with Gasteiger partial charge in [-0.15, -0.1) is 11.3 Å². The fourth-order valence-electron chi connectivity index (χ4n) is 1.86. The Kier molecular flexibility index (Phi) is 5.58. The smallest absolute Gasteiger partial charge is 0.271 e. The van der Waals surface area contributed by atoms with Crippen LogP contribution in [0.3, 0.4) is 0 Å². The van der Waals surface area contributed by atoms with E-state index in [4.69, 9.17) is 28.9 Å². The standard InChI is InChI=1S/C14H15Cl2N3OS/c1-8(9-3-2-4-10(15)13(9)16)18-14(20)11-7-21-12(19-11)5-6-17/h2-4,7-8H,5-6,17H2,1H3,(H,18,20). The highest BCUT2D eigenvalue weighted by molar-refractivity contribution is 7.09. The van der Waals surface area contributed by atoms with Gasteiger partial charge in [0.15, 0.2) is 0 Å². The molecule has 0 radical (unpaired) electrons. The number of halogens is 2. The Balaban J connectivity index is 2.09. The van der Waals surface area contributed by atoms with Crippen LogP contribution in [0.1, 0.15) is 34.0 Å². The third-order valence-corrected chi connectivity index (χ3v) is 4.68. The van der Waals surface area contributed by atoms with E-state index in [9.17, 15) is 4.79 Å². The van der Waals surface area contributed by atoms with Crippen LogP contribution in [0.4, 0.5) is 0 Å². The first kappa shape index (κ1) is 16.2. The van der Waals surface area contributed by atoms with Gasteiger partial charge in [0.25, 0.3) is 5.91 Å². The molecular formula is C14H15Cl2N3OS. The summed E-state index contributed by atoms with van der Waals surface area (Å²) >= 11 is 13.6. The zero-order valence-electron chi connectivity index (χ0n) is 11.4. The van der Waals surface area contributed by atoms with Crippen LogP contribution in [0.5, 0.6) is 0 Å². The van der Waals surface area contributed by atoms with Gasteiger partial charge in [-0.25, -0.2) is 4.98 Å². The second-order valence-electron chi connectivity index (χ2n) is 4.50. The summed E-state index contributed by atoms with van der Waals surface area (Å²) in [6.45, 7) is 2.37. The number of thiazole rings is 1. The van der Waals surface area contributed by atoms with E-state index < -0.39 is 0 Å². The summed E-state index contributed by atoms with van der Waals surface area (Å²) in [5.41, 5.74) is 6.64. The number of hydrogen-bond acceptors (Lipinski definition) is 4. The molecule has 0 fully saturated rings. The Morgan fingerprint density at radius 2 is 2.24 bits per heavy atom. The molecule has 1 heterocycles. The van der Waals surface area contributed by atoms with Crippen LogP contribution in [0, 0.1) is 0 Å². The minimum atomic E-state index is -0.261. The zero-order valence-corrected chi connectivity index (χ0v) is 13.7. The van der Waals surface area contributed by atoms with Gasteiger partial charge in [0.05, 0.1) is 21.1 Å². The van der Waals surface area contributed by atoms with Crippen LogP contribution < -0.4 is 11.1 Å². The summed E-state index contributed by atoms with van der Waals surface area (Å²) < 4.78 is 0.